The van der Waals surface area contributed by atoms with Crippen LogP contribution >= 0.6 is 0 Å². The fourth-order valence-electron chi connectivity index (χ4n) is 3.29. The van der Waals surface area contributed by atoms with Crippen LogP contribution in [0.2, 0.25) is 0 Å². The zero-order valence-electron chi connectivity index (χ0n) is 17.9. The first kappa shape index (κ1) is 25.2. The van der Waals surface area contributed by atoms with Gasteiger partial charge in [0.1, 0.15) is 12.2 Å². The van der Waals surface area contributed by atoms with Gasteiger partial charge in [0.05, 0.1) is 18.6 Å². The number of benzene rings is 2. The van der Waals surface area contributed by atoms with E-state index in [9.17, 15) is 30.8 Å². The van der Waals surface area contributed by atoms with E-state index in [4.69, 9.17) is 14.6 Å². The minimum atomic E-state index is -5.00. The highest BCUT2D eigenvalue weighted by atomic mass is 32.2. The summed E-state index contributed by atoms with van der Waals surface area (Å²) in [6.45, 7) is 0.583. The van der Waals surface area contributed by atoms with Gasteiger partial charge >= 0.3 is 12.1 Å². The zero-order valence-corrected chi connectivity index (χ0v) is 18.7. The fraction of sp³-hybridized carbons (Fsp3) is 0.238. The number of rotatable bonds is 7. The summed E-state index contributed by atoms with van der Waals surface area (Å²) >= 11 is 0. The van der Waals surface area contributed by atoms with Crippen LogP contribution < -0.4 is 9.88 Å². The summed E-state index contributed by atoms with van der Waals surface area (Å²) in [5, 5.41) is 9.05. The molecule has 2 N–H and O–H groups in total. The monoisotopic (exact) mass is 501 g/mol. The lowest BCUT2D eigenvalue weighted by Crippen LogP contribution is -2.21. The number of primary sulfonamides is 1. The summed E-state index contributed by atoms with van der Waals surface area (Å²) < 4.78 is 90.1. The van der Waals surface area contributed by atoms with E-state index >= 15 is 0 Å². The third kappa shape index (κ3) is 5.20. The third-order valence-corrected chi connectivity index (χ3v) is 5.63. The molecular weight excluding hydrogens is 482 g/mol. The van der Waals surface area contributed by atoms with E-state index in [0.29, 0.717) is 4.68 Å². The van der Waals surface area contributed by atoms with Crippen molar-refractivity contribution in [3.63, 3.8) is 0 Å². The quantitative estimate of drug-likeness (QED) is 0.391. The van der Waals surface area contributed by atoms with Crippen molar-refractivity contribution < 1.29 is 40.2 Å². The Kier molecular flexibility index (Phi) is 6.98. The molecule has 0 aliphatic carbocycles. The van der Waals surface area contributed by atoms with E-state index in [0.717, 1.165) is 24.3 Å². The molecule has 0 aliphatic heterocycles. The van der Waals surface area contributed by atoms with Gasteiger partial charge in [-0.15, -0.1) is 0 Å². The Hall–Kier alpha value is -3.45. The van der Waals surface area contributed by atoms with E-state index in [1.807, 2.05) is 0 Å². The highest BCUT2D eigenvalue weighted by molar-refractivity contribution is 7.89. The summed E-state index contributed by atoms with van der Waals surface area (Å²) in [5.41, 5.74) is -2.20. The molecule has 0 fully saturated rings. The first-order valence-electron chi connectivity index (χ1n) is 9.67. The van der Waals surface area contributed by atoms with Crippen LogP contribution in [0.4, 0.5) is 17.6 Å². The van der Waals surface area contributed by atoms with Crippen LogP contribution in [0.1, 0.15) is 12.6 Å². The van der Waals surface area contributed by atoms with Crippen molar-refractivity contribution in [3.05, 3.63) is 54.0 Å². The molecule has 2 aromatic carbocycles. The Morgan fingerprint density at radius 3 is 2.24 bits per heavy atom. The molecule has 8 nitrogen and oxygen atoms in total. The predicted molar refractivity (Wildman–Crippen MR) is 113 cm³/mol. The first-order valence-corrected chi connectivity index (χ1v) is 11.2. The SMILES string of the molecule is CCOC(=O)Cn1nc(-c2ccc(S(N)(=O)=O)cc2)c(-c2ccc(OC)c(F)c2)c1C(F)(F)F. The molecule has 1 heterocycles. The van der Waals surface area contributed by atoms with Gasteiger partial charge in [0, 0.05) is 11.1 Å². The lowest BCUT2D eigenvalue weighted by Gasteiger charge is -2.13. The van der Waals surface area contributed by atoms with Crippen molar-refractivity contribution in [3.8, 4) is 28.1 Å². The van der Waals surface area contributed by atoms with Crippen LogP contribution in [0.25, 0.3) is 22.4 Å². The van der Waals surface area contributed by atoms with Crippen LogP contribution in [0.5, 0.6) is 5.75 Å². The number of hydrogen-bond donors (Lipinski definition) is 1. The van der Waals surface area contributed by atoms with Gasteiger partial charge in [-0.2, -0.15) is 18.3 Å². The van der Waals surface area contributed by atoms with Gasteiger partial charge in [0.2, 0.25) is 10.0 Å². The van der Waals surface area contributed by atoms with Crippen molar-refractivity contribution in [1.29, 1.82) is 0 Å². The maximum Gasteiger partial charge on any atom is 0.433 e. The van der Waals surface area contributed by atoms with Crippen molar-refractivity contribution in [1.82, 2.24) is 9.78 Å². The molecule has 0 spiro atoms. The summed E-state index contributed by atoms with van der Waals surface area (Å²) in [7, 11) is -2.85. The second kappa shape index (κ2) is 9.43. The highest BCUT2D eigenvalue weighted by Crippen LogP contribution is 2.43. The largest absolute Gasteiger partial charge is 0.494 e. The van der Waals surface area contributed by atoms with Crippen LogP contribution in [-0.4, -0.2) is 37.9 Å². The second-order valence-corrected chi connectivity index (χ2v) is 8.51. The molecule has 0 aliphatic rings. The number of sulfonamides is 1. The zero-order chi connectivity index (χ0) is 25.3. The average Bonchev–Trinajstić information content (AvgIpc) is 3.12. The standard InChI is InChI=1S/C21H19F4N3O5S/c1-3-33-17(29)11-28-20(21(23,24)25)18(13-6-9-16(32-2)15(22)10-13)19(27-28)12-4-7-14(8-5-12)34(26,30)31/h4-10H,3,11H2,1-2H3,(H2,26,30,31). The minimum Gasteiger partial charge on any atom is -0.494 e. The van der Waals surface area contributed by atoms with E-state index in [-0.39, 0.29) is 34.1 Å². The van der Waals surface area contributed by atoms with Crippen molar-refractivity contribution >= 4 is 16.0 Å². The van der Waals surface area contributed by atoms with E-state index < -0.39 is 45.8 Å². The second-order valence-electron chi connectivity index (χ2n) is 6.95. The van der Waals surface area contributed by atoms with Gasteiger partial charge in [0.25, 0.3) is 0 Å². The molecule has 3 aromatic rings. The van der Waals surface area contributed by atoms with Crippen molar-refractivity contribution in [2.24, 2.45) is 5.14 Å². The number of alkyl halides is 3. The minimum absolute atomic E-state index is 0.0557. The summed E-state index contributed by atoms with van der Waals surface area (Å²) in [6.07, 6.45) is -5.00. The third-order valence-electron chi connectivity index (χ3n) is 4.70. The Morgan fingerprint density at radius 1 is 1.12 bits per heavy atom. The Bertz CT molecular complexity index is 1320. The number of nitrogens with two attached hydrogens (primary N) is 1. The molecule has 3 rings (SSSR count). The van der Waals surface area contributed by atoms with Gasteiger partial charge in [-0.25, -0.2) is 22.6 Å². The number of carbonyl (C=O) groups is 1. The van der Waals surface area contributed by atoms with Crippen molar-refractivity contribution in [2.75, 3.05) is 13.7 Å². The molecule has 0 amide bonds. The van der Waals surface area contributed by atoms with E-state index in [1.54, 1.807) is 0 Å². The van der Waals surface area contributed by atoms with Gasteiger partial charge in [-0.3, -0.25) is 4.79 Å². The topological polar surface area (TPSA) is 114 Å². The average molecular weight is 501 g/mol. The molecule has 0 bridgehead atoms. The van der Waals surface area contributed by atoms with Crippen LogP contribution in [0.15, 0.2) is 47.4 Å². The Labute approximate surface area is 191 Å². The Balaban J connectivity index is 2.32. The van der Waals surface area contributed by atoms with E-state index in [1.165, 1.54) is 32.2 Å². The molecule has 0 saturated heterocycles. The number of hydrogen-bond acceptors (Lipinski definition) is 6. The lowest BCUT2D eigenvalue weighted by atomic mass is 9.98. The van der Waals surface area contributed by atoms with Gasteiger partial charge in [0.15, 0.2) is 17.3 Å². The van der Waals surface area contributed by atoms with Gasteiger partial charge in [-0.1, -0.05) is 18.2 Å². The maximum atomic E-state index is 14.4. The number of ether oxygens (including phenoxy) is 2. The highest BCUT2D eigenvalue weighted by Gasteiger charge is 2.41. The fourth-order valence-corrected chi connectivity index (χ4v) is 3.81. The maximum absolute atomic E-state index is 14.4. The molecule has 0 saturated carbocycles. The molecular formula is C21H19F4N3O5S. The Morgan fingerprint density at radius 2 is 1.74 bits per heavy atom. The molecule has 34 heavy (non-hydrogen) atoms. The molecule has 0 unspecified atom stereocenters. The van der Waals surface area contributed by atoms with Crippen molar-refractivity contribution in [2.45, 2.75) is 24.5 Å². The number of methoxy groups -OCH3 is 1. The number of aromatic nitrogens is 2. The molecule has 1 aromatic heterocycles. The number of nitrogens with zero attached hydrogens (tertiary/aromatic N) is 2. The molecule has 182 valence electrons. The summed E-state index contributed by atoms with van der Waals surface area (Å²) in [5.74, 6) is -2.06. The first-order chi connectivity index (χ1) is 15.9. The van der Waals surface area contributed by atoms with Crippen LogP contribution in [0.3, 0.4) is 0 Å². The number of halogens is 4. The van der Waals surface area contributed by atoms with Gasteiger partial charge < -0.3 is 9.47 Å². The summed E-state index contributed by atoms with van der Waals surface area (Å²) in [6, 6.07) is 7.83. The molecule has 0 radical (unpaired) electrons. The van der Waals surface area contributed by atoms with Crippen LogP contribution in [0, 0.1) is 5.82 Å². The van der Waals surface area contributed by atoms with Gasteiger partial charge in [-0.05, 0) is 36.8 Å². The van der Waals surface area contributed by atoms with E-state index in [2.05, 4.69) is 5.10 Å². The number of carbonyl (C=O) groups excluding carboxylic acids is 1. The number of esters is 1. The predicted octanol–water partition coefficient (Wildman–Crippen LogP) is 3.59. The van der Waals surface area contributed by atoms with Crippen LogP contribution in [-0.2, 0) is 32.3 Å². The smallest absolute Gasteiger partial charge is 0.433 e. The normalized spacial score (nSPS) is 12.0. The lowest BCUT2D eigenvalue weighted by molar-refractivity contribution is -0.149. The summed E-state index contributed by atoms with van der Waals surface area (Å²) in [4.78, 5) is 11.7. The molecule has 13 heteroatoms. The molecule has 0 atom stereocenters.